The van der Waals surface area contributed by atoms with Crippen molar-refractivity contribution in [3.05, 3.63) is 59.7 Å². The molecule has 0 radical (unpaired) electrons. The zero-order valence-electron chi connectivity index (χ0n) is 17.0. The van der Waals surface area contributed by atoms with Gasteiger partial charge in [-0.2, -0.15) is 0 Å². The monoisotopic (exact) mass is 396 g/mol. The van der Waals surface area contributed by atoms with Gasteiger partial charge in [0.05, 0.1) is 6.61 Å². The van der Waals surface area contributed by atoms with Crippen LogP contribution < -0.4 is 15.4 Å². The first-order chi connectivity index (χ1) is 14.0. The fourth-order valence-corrected chi connectivity index (χ4v) is 2.72. The third-order valence-corrected chi connectivity index (χ3v) is 4.43. The van der Waals surface area contributed by atoms with Gasteiger partial charge in [-0.25, -0.2) is 0 Å². The summed E-state index contributed by atoms with van der Waals surface area (Å²) < 4.78 is 5.64. The van der Waals surface area contributed by atoms with Crippen LogP contribution in [-0.2, 0) is 4.79 Å². The molecule has 0 aliphatic heterocycles. The number of unbranched alkanes of at least 4 members (excludes halogenated alkanes) is 2. The number of ketones is 1. The maximum atomic E-state index is 12.3. The molecule has 2 amide bonds. The molecule has 0 spiro atoms. The van der Waals surface area contributed by atoms with Crippen LogP contribution >= 0.6 is 0 Å². The van der Waals surface area contributed by atoms with Gasteiger partial charge in [0, 0.05) is 36.7 Å². The molecule has 0 aromatic heterocycles. The third-order valence-electron chi connectivity index (χ3n) is 4.43. The van der Waals surface area contributed by atoms with Crippen LogP contribution in [-0.4, -0.2) is 31.3 Å². The fourth-order valence-electron chi connectivity index (χ4n) is 2.72. The van der Waals surface area contributed by atoms with Gasteiger partial charge in [0.2, 0.25) is 5.91 Å². The molecule has 0 atom stereocenters. The standard InChI is InChI=1S/C23H28N2O4/c1-3-4-5-16-29-20-12-8-17(9-13-20)21(26)14-15-22(27)25-19-10-6-18(7-11-19)23(28)24-2/h6-13H,3-5,14-16H2,1-2H3,(H,24,28)(H,25,27). The van der Waals surface area contributed by atoms with E-state index in [0.717, 1.165) is 25.0 Å². The smallest absolute Gasteiger partial charge is 0.251 e. The molecular weight excluding hydrogens is 368 g/mol. The summed E-state index contributed by atoms with van der Waals surface area (Å²) in [5.74, 6) is 0.219. The van der Waals surface area contributed by atoms with Crippen molar-refractivity contribution in [1.29, 1.82) is 0 Å². The van der Waals surface area contributed by atoms with Crippen molar-refractivity contribution in [3.8, 4) is 5.75 Å². The minimum atomic E-state index is -0.248. The van der Waals surface area contributed by atoms with E-state index >= 15 is 0 Å². The first kappa shape index (κ1) is 22.1. The fraction of sp³-hybridized carbons (Fsp3) is 0.348. The number of rotatable bonds is 11. The maximum absolute atomic E-state index is 12.3. The highest BCUT2D eigenvalue weighted by molar-refractivity contribution is 6.00. The van der Waals surface area contributed by atoms with Gasteiger partial charge in [-0.15, -0.1) is 0 Å². The molecule has 0 saturated heterocycles. The van der Waals surface area contributed by atoms with E-state index in [1.54, 1.807) is 55.6 Å². The number of amides is 2. The molecule has 0 heterocycles. The van der Waals surface area contributed by atoms with Gasteiger partial charge in [-0.1, -0.05) is 19.8 Å². The molecule has 0 bridgehead atoms. The number of hydrogen-bond acceptors (Lipinski definition) is 4. The zero-order valence-corrected chi connectivity index (χ0v) is 17.0. The molecule has 2 rings (SSSR count). The summed E-state index contributed by atoms with van der Waals surface area (Å²) in [4.78, 5) is 35.9. The van der Waals surface area contributed by atoms with Crippen LogP contribution in [0.1, 0.15) is 59.7 Å². The topological polar surface area (TPSA) is 84.5 Å². The van der Waals surface area contributed by atoms with Gasteiger partial charge in [-0.3, -0.25) is 14.4 Å². The highest BCUT2D eigenvalue weighted by Crippen LogP contribution is 2.15. The van der Waals surface area contributed by atoms with Crippen molar-refractivity contribution < 1.29 is 19.1 Å². The van der Waals surface area contributed by atoms with E-state index in [2.05, 4.69) is 17.6 Å². The number of hydrogen-bond donors (Lipinski definition) is 2. The lowest BCUT2D eigenvalue weighted by atomic mass is 10.1. The molecule has 0 fully saturated rings. The summed E-state index contributed by atoms with van der Waals surface area (Å²) in [6.45, 7) is 2.81. The lowest BCUT2D eigenvalue weighted by molar-refractivity contribution is -0.116. The lowest BCUT2D eigenvalue weighted by Crippen LogP contribution is -2.18. The van der Waals surface area contributed by atoms with Gasteiger partial charge in [0.25, 0.3) is 5.91 Å². The van der Waals surface area contributed by atoms with E-state index in [-0.39, 0.29) is 30.4 Å². The molecule has 6 heteroatoms. The molecule has 29 heavy (non-hydrogen) atoms. The summed E-state index contributed by atoms with van der Waals surface area (Å²) >= 11 is 0. The van der Waals surface area contributed by atoms with Gasteiger partial charge < -0.3 is 15.4 Å². The minimum Gasteiger partial charge on any atom is -0.494 e. The van der Waals surface area contributed by atoms with E-state index in [0.29, 0.717) is 23.4 Å². The SMILES string of the molecule is CCCCCOc1ccc(C(=O)CCC(=O)Nc2ccc(C(=O)NC)cc2)cc1. The number of Topliss-reactive ketones (excluding diaryl/α,β-unsaturated/α-hetero) is 1. The molecule has 0 aliphatic rings. The average Bonchev–Trinajstić information content (AvgIpc) is 2.75. The first-order valence-corrected chi connectivity index (χ1v) is 9.91. The van der Waals surface area contributed by atoms with Crippen molar-refractivity contribution >= 4 is 23.3 Å². The summed E-state index contributed by atoms with van der Waals surface area (Å²) in [7, 11) is 1.56. The quantitative estimate of drug-likeness (QED) is 0.440. The van der Waals surface area contributed by atoms with E-state index < -0.39 is 0 Å². The van der Waals surface area contributed by atoms with E-state index in [1.807, 2.05) is 0 Å². The summed E-state index contributed by atoms with van der Waals surface area (Å²) in [6.07, 6.45) is 3.51. The Hall–Kier alpha value is -3.15. The Bertz CT molecular complexity index is 814. The molecule has 2 aromatic carbocycles. The van der Waals surface area contributed by atoms with Crippen LogP contribution in [0.4, 0.5) is 5.69 Å². The molecule has 2 N–H and O–H groups in total. The molecule has 0 unspecified atom stereocenters. The molecule has 6 nitrogen and oxygen atoms in total. The Morgan fingerprint density at radius 3 is 2.14 bits per heavy atom. The minimum absolute atomic E-state index is 0.0886. The zero-order chi connectivity index (χ0) is 21.1. The van der Waals surface area contributed by atoms with Crippen LogP contribution in [0.3, 0.4) is 0 Å². The van der Waals surface area contributed by atoms with Crippen LogP contribution in [0, 0.1) is 0 Å². The number of nitrogens with one attached hydrogen (secondary N) is 2. The normalized spacial score (nSPS) is 10.3. The van der Waals surface area contributed by atoms with Crippen LogP contribution in [0.5, 0.6) is 5.75 Å². The largest absolute Gasteiger partial charge is 0.494 e. The van der Waals surface area contributed by atoms with Crippen molar-refractivity contribution in [2.75, 3.05) is 19.0 Å². The Kier molecular flexibility index (Phi) is 8.89. The average molecular weight is 396 g/mol. The van der Waals surface area contributed by atoms with Gasteiger partial charge in [-0.05, 0) is 55.0 Å². The van der Waals surface area contributed by atoms with Gasteiger partial charge in [0.1, 0.15) is 5.75 Å². The second kappa shape index (κ2) is 11.6. The molecule has 0 aliphatic carbocycles. The lowest BCUT2D eigenvalue weighted by Gasteiger charge is -2.08. The van der Waals surface area contributed by atoms with Crippen LogP contribution in [0.25, 0.3) is 0 Å². The molecule has 0 saturated carbocycles. The predicted octanol–water partition coefficient (Wildman–Crippen LogP) is 4.22. The number of ether oxygens (including phenoxy) is 1. The molecule has 2 aromatic rings. The van der Waals surface area contributed by atoms with Crippen LogP contribution in [0.2, 0.25) is 0 Å². The highest BCUT2D eigenvalue weighted by atomic mass is 16.5. The van der Waals surface area contributed by atoms with Gasteiger partial charge in [0.15, 0.2) is 5.78 Å². The number of carbonyl (C=O) groups is 3. The highest BCUT2D eigenvalue weighted by Gasteiger charge is 2.10. The van der Waals surface area contributed by atoms with E-state index in [1.165, 1.54) is 0 Å². The Morgan fingerprint density at radius 1 is 0.862 bits per heavy atom. The Balaban J connectivity index is 1.77. The number of anilines is 1. The summed E-state index contributed by atoms with van der Waals surface area (Å²) in [6, 6.07) is 13.6. The van der Waals surface area contributed by atoms with Crippen molar-refractivity contribution in [1.82, 2.24) is 5.32 Å². The summed E-state index contributed by atoms with van der Waals surface area (Å²) in [5.41, 5.74) is 1.66. The van der Waals surface area contributed by atoms with Crippen molar-refractivity contribution in [2.45, 2.75) is 39.0 Å². The van der Waals surface area contributed by atoms with Gasteiger partial charge >= 0.3 is 0 Å². The van der Waals surface area contributed by atoms with E-state index in [9.17, 15) is 14.4 Å². The number of carbonyl (C=O) groups excluding carboxylic acids is 3. The second-order valence-electron chi connectivity index (χ2n) is 6.71. The predicted molar refractivity (Wildman–Crippen MR) is 113 cm³/mol. The number of benzene rings is 2. The summed E-state index contributed by atoms with van der Waals surface area (Å²) in [5, 5.41) is 5.27. The molecule has 154 valence electrons. The Morgan fingerprint density at radius 2 is 1.52 bits per heavy atom. The Labute approximate surface area is 171 Å². The molecular formula is C23H28N2O4. The maximum Gasteiger partial charge on any atom is 0.251 e. The van der Waals surface area contributed by atoms with Crippen LogP contribution in [0.15, 0.2) is 48.5 Å². The van der Waals surface area contributed by atoms with Crippen molar-refractivity contribution in [2.24, 2.45) is 0 Å². The second-order valence-corrected chi connectivity index (χ2v) is 6.71. The first-order valence-electron chi connectivity index (χ1n) is 9.91. The third kappa shape index (κ3) is 7.41. The van der Waals surface area contributed by atoms with Crippen molar-refractivity contribution in [3.63, 3.8) is 0 Å². The van der Waals surface area contributed by atoms with E-state index in [4.69, 9.17) is 4.74 Å².